The third-order valence-electron chi connectivity index (χ3n) is 5.44. The number of ether oxygens (including phenoxy) is 2. The van der Waals surface area contributed by atoms with Crippen molar-refractivity contribution in [1.82, 2.24) is 4.98 Å². The summed E-state index contributed by atoms with van der Waals surface area (Å²) < 4.78 is 11.6. The molecular weight excluding hydrogens is 386 g/mol. The van der Waals surface area contributed by atoms with E-state index < -0.39 is 4.92 Å². The Kier molecular flexibility index (Phi) is 4.48. The Labute approximate surface area is 171 Å². The fourth-order valence-electron chi connectivity index (χ4n) is 3.97. The molecule has 1 fully saturated rings. The van der Waals surface area contributed by atoms with Crippen molar-refractivity contribution in [3.63, 3.8) is 0 Å². The number of nitrogens with zero attached hydrogens (tertiary/aromatic N) is 2. The first-order valence-corrected chi connectivity index (χ1v) is 9.73. The lowest BCUT2D eigenvalue weighted by Gasteiger charge is -2.29. The maximum absolute atomic E-state index is 12.4. The largest absolute Gasteiger partial charge is 0.456 e. The molecule has 1 aromatic heterocycles. The number of aromatic amines is 1. The fourth-order valence-corrected chi connectivity index (χ4v) is 3.97. The van der Waals surface area contributed by atoms with E-state index in [0.29, 0.717) is 36.8 Å². The first-order chi connectivity index (χ1) is 14.6. The number of morpholine rings is 1. The third kappa shape index (κ3) is 3.31. The van der Waals surface area contributed by atoms with Crippen molar-refractivity contribution >= 4 is 11.4 Å². The van der Waals surface area contributed by atoms with Gasteiger partial charge < -0.3 is 19.4 Å². The Bertz CT molecular complexity index is 1200. The van der Waals surface area contributed by atoms with Gasteiger partial charge in [-0.15, -0.1) is 0 Å². The quantitative estimate of drug-likeness (QED) is 0.414. The number of nitro benzene ring substituents is 1. The van der Waals surface area contributed by atoms with Crippen LogP contribution in [0.1, 0.15) is 11.1 Å². The lowest BCUT2D eigenvalue weighted by molar-refractivity contribution is -0.384. The highest BCUT2D eigenvalue weighted by Crippen LogP contribution is 2.43. The predicted molar refractivity (Wildman–Crippen MR) is 112 cm³/mol. The van der Waals surface area contributed by atoms with Crippen molar-refractivity contribution < 1.29 is 14.4 Å². The van der Waals surface area contributed by atoms with Gasteiger partial charge in [-0.05, 0) is 18.2 Å². The highest BCUT2D eigenvalue weighted by atomic mass is 16.6. The number of fused-ring (bicyclic) bond motifs is 2. The zero-order chi connectivity index (χ0) is 20.7. The Balaban J connectivity index is 1.55. The smallest absolute Gasteiger partial charge is 0.269 e. The minimum absolute atomic E-state index is 0.0412. The standard InChI is InChI=1S/C22H19N3O5/c26-21-13-17(24-6-8-29-9-7-24)12-19(23-21)18-3-1-2-14-10-15-11-16(25(27)28)4-5-20(15)30-22(14)18/h1-5,11-13H,6-10H2,(H,23,26). The van der Waals surface area contributed by atoms with Crippen molar-refractivity contribution in [2.75, 3.05) is 31.2 Å². The van der Waals surface area contributed by atoms with Crippen molar-refractivity contribution in [2.45, 2.75) is 6.42 Å². The molecule has 8 heteroatoms. The number of anilines is 1. The van der Waals surface area contributed by atoms with Crippen molar-refractivity contribution in [3.8, 4) is 22.8 Å². The van der Waals surface area contributed by atoms with Crippen LogP contribution in [0.5, 0.6) is 11.5 Å². The average molecular weight is 405 g/mol. The predicted octanol–water partition coefficient (Wildman–Crippen LogP) is 3.48. The molecule has 0 aliphatic carbocycles. The summed E-state index contributed by atoms with van der Waals surface area (Å²) in [5.74, 6) is 1.25. The van der Waals surface area contributed by atoms with Crippen molar-refractivity contribution in [1.29, 1.82) is 0 Å². The highest BCUT2D eigenvalue weighted by Gasteiger charge is 2.23. The number of nitrogens with one attached hydrogen (secondary N) is 1. The number of hydrogen-bond acceptors (Lipinski definition) is 6. The molecule has 1 N–H and O–H groups in total. The van der Waals surface area contributed by atoms with E-state index in [1.54, 1.807) is 18.2 Å². The van der Waals surface area contributed by atoms with Crippen LogP contribution in [0.2, 0.25) is 0 Å². The number of benzene rings is 2. The van der Waals surface area contributed by atoms with E-state index in [0.717, 1.165) is 35.5 Å². The van der Waals surface area contributed by atoms with E-state index >= 15 is 0 Å². The normalized spacial score (nSPS) is 15.1. The molecule has 8 nitrogen and oxygen atoms in total. The SMILES string of the molecule is O=c1cc(N2CCOCC2)cc(-c2cccc3c2Oc2ccc([N+](=O)[O-])cc2C3)[nH]1. The van der Waals surface area contributed by atoms with Gasteiger partial charge >= 0.3 is 0 Å². The molecule has 30 heavy (non-hydrogen) atoms. The van der Waals surface area contributed by atoms with Gasteiger partial charge in [-0.2, -0.15) is 0 Å². The summed E-state index contributed by atoms with van der Waals surface area (Å²) in [4.78, 5) is 28.1. The molecule has 0 bridgehead atoms. The molecule has 1 saturated heterocycles. The highest BCUT2D eigenvalue weighted by molar-refractivity contribution is 5.74. The van der Waals surface area contributed by atoms with Gasteiger partial charge in [0.15, 0.2) is 0 Å². The molecule has 5 rings (SSSR count). The second kappa shape index (κ2) is 7.31. The molecule has 152 valence electrons. The molecule has 0 radical (unpaired) electrons. The lowest BCUT2D eigenvalue weighted by atomic mass is 9.96. The van der Waals surface area contributed by atoms with Crippen LogP contribution >= 0.6 is 0 Å². The Hall–Kier alpha value is -3.65. The summed E-state index contributed by atoms with van der Waals surface area (Å²) in [6.45, 7) is 2.74. The van der Waals surface area contributed by atoms with Gasteiger partial charge in [0.2, 0.25) is 5.56 Å². The number of rotatable bonds is 3. The van der Waals surface area contributed by atoms with Crippen LogP contribution in [0.25, 0.3) is 11.3 Å². The van der Waals surface area contributed by atoms with Crippen LogP contribution in [-0.4, -0.2) is 36.2 Å². The summed E-state index contributed by atoms with van der Waals surface area (Å²) in [7, 11) is 0. The van der Waals surface area contributed by atoms with E-state index in [9.17, 15) is 14.9 Å². The molecule has 3 heterocycles. The minimum atomic E-state index is -0.409. The number of hydrogen-bond donors (Lipinski definition) is 1. The first kappa shape index (κ1) is 18.4. The van der Waals surface area contributed by atoms with Gasteiger partial charge in [0.05, 0.1) is 23.8 Å². The zero-order valence-electron chi connectivity index (χ0n) is 16.1. The van der Waals surface area contributed by atoms with Crippen LogP contribution in [0.4, 0.5) is 11.4 Å². The molecule has 2 aromatic carbocycles. The Morgan fingerprint density at radius 2 is 1.87 bits per heavy atom. The lowest BCUT2D eigenvalue weighted by Crippen LogP contribution is -2.36. The van der Waals surface area contributed by atoms with Gasteiger partial charge in [-0.25, -0.2) is 0 Å². The number of nitro groups is 1. The molecule has 2 aliphatic heterocycles. The summed E-state index contributed by atoms with van der Waals surface area (Å²) in [6, 6.07) is 13.9. The third-order valence-corrected chi connectivity index (χ3v) is 5.44. The zero-order valence-corrected chi connectivity index (χ0v) is 16.1. The van der Waals surface area contributed by atoms with Crippen molar-refractivity contribution in [2.24, 2.45) is 0 Å². The number of non-ortho nitro benzene ring substituents is 1. The molecule has 0 amide bonds. The van der Waals surface area contributed by atoms with E-state index in [1.807, 2.05) is 24.3 Å². The van der Waals surface area contributed by atoms with Crippen LogP contribution in [0.3, 0.4) is 0 Å². The number of pyridine rings is 1. The topological polar surface area (TPSA) is 97.7 Å². The van der Waals surface area contributed by atoms with Crippen LogP contribution < -0.4 is 15.2 Å². The molecular formula is C22H19N3O5. The second-order valence-corrected chi connectivity index (χ2v) is 7.34. The van der Waals surface area contributed by atoms with Gasteiger partial charge in [0, 0.05) is 60.1 Å². The van der Waals surface area contributed by atoms with E-state index in [2.05, 4.69) is 9.88 Å². The fraction of sp³-hybridized carbons (Fsp3) is 0.227. The van der Waals surface area contributed by atoms with Gasteiger partial charge in [0.25, 0.3) is 5.69 Å². The van der Waals surface area contributed by atoms with E-state index in [-0.39, 0.29) is 11.2 Å². The van der Waals surface area contributed by atoms with Crippen molar-refractivity contribution in [3.05, 3.63) is 80.1 Å². The van der Waals surface area contributed by atoms with Crippen LogP contribution in [0, 0.1) is 10.1 Å². The number of para-hydroxylation sites is 1. The molecule has 2 aliphatic rings. The maximum Gasteiger partial charge on any atom is 0.269 e. The molecule has 0 spiro atoms. The molecule has 0 saturated carbocycles. The second-order valence-electron chi connectivity index (χ2n) is 7.34. The summed E-state index contributed by atoms with van der Waals surface area (Å²) >= 11 is 0. The summed E-state index contributed by atoms with van der Waals surface area (Å²) in [6.07, 6.45) is 0.521. The van der Waals surface area contributed by atoms with Gasteiger partial charge in [0.1, 0.15) is 11.5 Å². The monoisotopic (exact) mass is 405 g/mol. The Morgan fingerprint density at radius 1 is 1.03 bits per heavy atom. The maximum atomic E-state index is 12.4. The molecule has 0 unspecified atom stereocenters. The van der Waals surface area contributed by atoms with Crippen LogP contribution in [0.15, 0.2) is 53.3 Å². The molecule has 3 aromatic rings. The van der Waals surface area contributed by atoms with E-state index in [4.69, 9.17) is 9.47 Å². The first-order valence-electron chi connectivity index (χ1n) is 9.73. The Morgan fingerprint density at radius 3 is 2.67 bits per heavy atom. The number of H-pyrrole nitrogens is 1. The summed E-state index contributed by atoms with van der Waals surface area (Å²) in [5.41, 5.74) is 3.84. The van der Waals surface area contributed by atoms with Gasteiger partial charge in [-0.1, -0.05) is 12.1 Å². The van der Waals surface area contributed by atoms with Gasteiger partial charge in [-0.3, -0.25) is 14.9 Å². The number of aromatic nitrogens is 1. The molecule has 0 atom stereocenters. The minimum Gasteiger partial charge on any atom is -0.456 e. The summed E-state index contributed by atoms with van der Waals surface area (Å²) in [5, 5.41) is 11.1. The van der Waals surface area contributed by atoms with E-state index in [1.165, 1.54) is 6.07 Å². The average Bonchev–Trinajstić information content (AvgIpc) is 2.77. The van der Waals surface area contributed by atoms with Crippen LogP contribution in [-0.2, 0) is 11.2 Å².